The van der Waals surface area contributed by atoms with Crippen molar-refractivity contribution in [3.05, 3.63) is 35.4 Å². The third-order valence-electron chi connectivity index (χ3n) is 3.68. The van der Waals surface area contributed by atoms with E-state index >= 15 is 0 Å². The number of benzene rings is 1. The topological polar surface area (TPSA) is 26.0 Å². The maximum Gasteiger partial charge on any atom is 0.389 e. The van der Waals surface area contributed by atoms with Crippen LogP contribution in [0.2, 0.25) is 0 Å². The molecule has 1 nitrogen and oxygen atoms in total. The molecule has 100 valence electrons. The Hall–Kier alpha value is -1.03. The zero-order chi connectivity index (χ0) is 13.2. The summed E-state index contributed by atoms with van der Waals surface area (Å²) in [6.45, 7) is 0. The van der Waals surface area contributed by atoms with Crippen molar-refractivity contribution >= 4 is 0 Å². The minimum Gasteiger partial charge on any atom is -0.324 e. The minimum atomic E-state index is -4.12. The van der Waals surface area contributed by atoms with Crippen molar-refractivity contribution in [3.63, 3.8) is 0 Å². The highest BCUT2D eigenvalue weighted by atomic mass is 19.4. The van der Waals surface area contributed by atoms with Crippen LogP contribution in [0, 0.1) is 0 Å². The summed E-state index contributed by atoms with van der Waals surface area (Å²) in [6, 6.07) is 7.16. The number of hydrogen-bond donors (Lipinski definition) is 1. The summed E-state index contributed by atoms with van der Waals surface area (Å²) in [5.74, 6) is 0.498. The van der Waals surface area contributed by atoms with E-state index in [1.807, 2.05) is 24.3 Å². The zero-order valence-electron chi connectivity index (χ0n) is 10.2. The van der Waals surface area contributed by atoms with Crippen LogP contribution in [0.4, 0.5) is 13.2 Å². The average molecular weight is 257 g/mol. The Kier molecular flexibility index (Phi) is 3.95. The largest absolute Gasteiger partial charge is 0.389 e. The van der Waals surface area contributed by atoms with Gasteiger partial charge in [0.15, 0.2) is 0 Å². The molecule has 0 aliphatic heterocycles. The predicted molar refractivity (Wildman–Crippen MR) is 65.3 cm³/mol. The summed E-state index contributed by atoms with van der Waals surface area (Å²) < 4.78 is 36.6. The van der Waals surface area contributed by atoms with E-state index in [1.165, 1.54) is 6.42 Å². The normalized spacial score (nSPS) is 18.4. The lowest BCUT2D eigenvalue weighted by Gasteiger charge is -2.29. The van der Waals surface area contributed by atoms with Gasteiger partial charge in [0.25, 0.3) is 0 Å². The van der Waals surface area contributed by atoms with Gasteiger partial charge in [-0.25, -0.2) is 0 Å². The molecule has 0 radical (unpaired) electrons. The van der Waals surface area contributed by atoms with Gasteiger partial charge in [-0.3, -0.25) is 0 Å². The van der Waals surface area contributed by atoms with Crippen molar-refractivity contribution in [2.75, 3.05) is 0 Å². The van der Waals surface area contributed by atoms with Crippen molar-refractivity contribution in [3.8, 4) is 0 Å². The molecule has 1 aliphatic rings. The van der Waals surface area contributed by atoms with Crippen molar-refractivity contribution in [1.29, 1.82) is 0 Å². The maximum atomic E-state index is 12.2. The Labute approximate surface area is 105 Å². The Morgan fingerprint density at radius 2 is 1.89 bits per heavy atom. The molecular formula is C14H18F3N. The van der Waals surface area contributed by atoms with Gasteiger partial charge in [0.2, 0.25) is 0 Å². The Bertz CT molecular complexity index is 396. The summed E-state index contributed by atoms with van der Waals surface area (Å²) in [5.41, 5.74) is 7.97. The summed E-state index contributed by atoms with van der Waals surface area (Å²) in [6.07, 6.45) is -1.51. The fraction of sp³-hybridized carbons (Fsp3) is 0.571. The highest BCUT2D eigenvalue weighted by molar-refractivity contribution is 5.34. The molecule has 0 spiro atoms. The lowest BCUT2D eigenvalue weighted by atomic mass is 9.77. The fourth-order valence-corrected chi connectivity index (χ4v) is 2.41. The highest BCUT2D eigenvalue weighted by Crippen LogP contribution is 2.40. The first-order valence-corrected chi connectivity index (χ1v) is 6.38. The van der Waals surface area contributed by atoms with Gasteiger partial charge in [-0.2, -0.15) is 13.2 Å². The maximum absolute atomic E-state index is 12.2. The van der Waals surface area contributed by atoms with Crippen LogP contribution in [0.3, 0.4) is 0 Å². The molecule has 0 bridgehead atoms. The van der Waals surface area contributed by atoms with E-state index < -0.39 is 18.6 Å². The number of nitrogens with two attached hydrogens (primary N) is 1. The summed E-state index contributed by atoms with van der Waals surface area (Å²) in [7, 11) is 0. The summed E-state index contributed by atoms with van der Waals surface area (Å²) >= 11 is 0. The van der Waals surface area contributed by atoms with Crippen molar-refractivity contribution in [2.24, 2.45) is 5.73 Å². The number of halogens is 3. The molecule has 1 atom stereocenters. The van der Waals surface area contributed by atoms with Crippen molar-refractivity contribution < 1.29 is 13.2 Å². The third-order valence-corrected chi connectivity index (χ3v) is 3.68. The molecule has 0 aromatic heterocycles. The molecule has 0 heterocycles. The van der Waals surface area contributed by atoms with Crippen LogP contribution in [0.1, 0.15) is 55.2 Å². The quantitative estimate of drug-likeness (QED) is 0.855. The third kappa shape index (κ3) is 3.25. The number of rotatable bonds is 4. The molecular weight excluding hydrogens is 239 g/mol. The number of alkyl halides is 3. The lowest BCUT2D eigenvalue weighted by molar-refractivity contribution is -0.136. The van der Waals surface area contributed by atoms with Gasteiger partial charge in [-0.1, -0.05) is 30.7 Å². The van der Waals surface area contributed by atoms with E-state index in [-0.39, 0.29) is 6.42 Å². The molecule has 1 aromatic rings. The molecule has 1 aliphatic carbocycles. The van der Waals surface area contributed by atoms with Gasteiger partial charge >= 0.3 is 6.18 Å². The smallest absolute Gasteiger partial charge is 0.324 e. The monoisotopic (exact) mass is 257 g/mol. The molecule has 1 unspecified atom stereocenters. The molecule has 1 saturated carbocycles. The van der Waals surface area contributed by atoms with Crippen LogP contribution in [-0.2, 0) is 0 Å². The van der Waals surface area contributed by atoms with Crippen LogP contribution in [0.15, 0.2) is 24.3 Å². The van der Waals surface area contributed by atoms with Crippen LogP contribution in [-0.4, -0.2) is 6.18 Å². The summed E-state index contributed by atoms with van der Waals surface area (Å²) in [5, 5.41) is 0. The molecule has 1 aromatic carbocycles. The molecule has 4 heteroatoms. The number of hydrogen-bond acceptors (Lipinski definition) is 1. The van der Waals surface area contributed by atoms with Gasteiger partial charge < -0.3 is 5.73 Å². The van der Waals surface area contributed by atoms with Gasteiger partial charge in [0, 0.05) is 12.5 Å². The van der Waals surface area contributed by atoms with E-state index in [9.17, 15) is 13.2 Å². The second-order valence-corrected chi connectivity index (χ2v) is 5.02. The standard InChI is InChI=1S/C14H18F3N/c15-14(16,17)9-8-13(18)12-7-2-1-6-11(12)10-4-3-5-10/h1-2,6-7,10,13H,3-5,8-9,18H2. The second kappa shape index (κ2) is 5.31. The van der Waals surface area contributed by atoms with Crippen LogP contribution in [0.25, 0.3) is 0 Å². The molecule has 18 heavy (non-hydrogen) atoms. The van der Waals surface area contributed by atoms with Gasteiger partial charge in [0.05, 0.1) is 0 Å². The van der Waals surface area contributed by atoms with Crippen LogP contribution < -0.4 is 5.73 Å². The minimum absolute atomic E-state index is 0.0345. The van der Waals surface area contributed by atoms with Crippen LogP contribution >= 0.6 is 0 Å². The first-order valence-electron chi connectivity index (χ1n) is 6.38. The second-order valence-electron chi connectivity index (χ2n) is 5.02. The van der Waals surface area contributed by atoms with E-state index in [2.05, 4.69) is 0 Å². The summed E-state index contributed by atoms with van der Waals surface area (Å²) in [4.78, 5) is 0. The van der Waals surface area contributed by atoms with Gasteiger partial charge in [0.1, 0.15) is 0 Å². The van der Waals surface area contributed by atoms with E-state index in [0.29, 0.717) is 5.92 Å². The molecule has 2 rings (SSSR count). The fourth-order valence-electron chi connectivity index (χ4n) is 2.41. The Morgan fingerprint density at radius 3 is 2.44 bits per heavy atom. The Balaban J connectivity index is 2.07. The van der Waals surface area contributed by atoms with E-state index in [1.54, 1.807) is 0 Å². The van der Waals surface area contributed by atoms with Crippen molar-refractivity contribution in [2.45, 2.75) is 50.2 Å². The van der Waals surface area contributed by atoms with E-state index in [0.717, 1.165) is 24.0 Å². The van der Waals surface area contributed by atoms with Crippen LogP contribution in [0.5, 0.6) is 0 Å². The van der Waals surface area contributed by atoms with Gasteiger partial charge in [-0.15, -0.1) is 0 Å². The van der Waals surface area contributed by atoms with Crippen molar-refractivity contribution in [1.82, 2.24) is 0 Å². The average Bonchev–Trinajstić information content (AvgIpc) is 2.23. The first-order chi connectivity index (χ1) is 8.47. The molecule has 0 saturated heterocycles. The first kappa shape index (κ1) is 13.4. The molecule has 0 amide bonds. The highest BCUT2D eigenvalue weighted by Gasteiger charge is 2.29. The SMILES string of the molecule is NC(CCC(F)(F)F)c1ccccc1C1CCC1. The predicted octanol–water partition coefficient (Wildman–Crippen LogP) is 4.30. The van der Waals surface area contributed by atoms with Gasteiger partial charge in [-0.05, 0) is 36.3 Å². The molecule has 1 fully saturated rings. The molecule has 2 N–H and O–H groups in total. The zero-order valence-corrected chi connectivity index (χ0v) is 10.2. The lowest BCUT2D eigenvalue weighted by Crippen LogP contribution is -2.19. The van der Waals surface area contributed by atoms with E-state index in [4.69, 9.17) is 5.73 Å². The Morgan fingerprint density at radius 1 is 1.22 bits per heavy atom.